The van der Waals surface area contributed by atoms with Gasteiger partial charge in [-0.3, -0.25) is 5.84 Å². The van der Waals surface area contributed by atoms with Crippen molar-refractivity contribution in [3.8, 4) is 6.07 Å². The van der Waals surface area contributed by atoms with E-state index in [-0.39, 0.29) is 5.82 Å². The van der Waals surface area contributed by atoms with Gasteiger partial charge in [-0.25, -0.2) is 9.82 Å². The van der Waals surface area contributed by atoms with Crippen molar-refractivity contribution >= 4 is 0 Å². The molecule has 0 radical (unpaired) electrons. The van der Waals surface area contributed by atoms with Crippen molar-refractivity contribution in [3.05, 3.63) is 35.6 Å². The summed E-state index contributed by atoms with van der Waals surface area (Å²) in [6.07, 6.45) is 0. The predicted octanol–water partition coefficient (Wildman–Crippen LogP) is 1.03. The SMILES string of the molecule is CC(C#N)(NN)c1ccc(F)cc1. The van der Waals surface area contributed by atoms with Gasteiger partial charge in [0.05, 0.1) is 6.07 Å². The summed E-state index contributed by atoms with van der Waals surface area (Å²) in [5, 5.41) is 8.82. The molecule has 68 valence electrons. The summed E-state index contributed by atoms with van der Waals surface area (Å²) in [6.45, 7) is 1.63. The average Bonchev–Trinajstić information content (AvgIpc) is 2.18. The molecule has 1 rings (SSSR count). The standard InChI is InChI=1S/C9H10FN3/c1-9(6-11,13-12)7-2-4-8(10)5-3-7/h2-5,13H,12H2,1H3. The molecule has 1 aromatic carbocycles. The number of nitrogens with zero attached hydrogens (tertiary/aromatic N) is 1. The Morgan fingerprint density at radius 2 is 2.00 bits per heavy atom. The van der Waals surface area contributed by atoms with Crippen molar-refractivity contribution in [2.75, 3.05) is 0 Å². The van der Waals surface area contributed by atoms with E-state index in [9.17, 15) is 4.39 Å². The highest BCUT2D eigenvalue weighted by molar-refractivity contribution is 5.29. The fourth-order valence-corrected chi connectivity index (χ4v) is 0.963. The first kappa shape index (κ1) is 9.65. The lowest BCUT2D eigenvalue weighted by Gasteiger charge is -2.20. The van der Waals surface area contributed by atoms with Gasteiger partial charge in [-0.1, -0.05) is 12.1 Å². The van der Waals surface area contributed by atoms with Gasteiger partial charge in [-0.05, 0) is 24.6 Å². The monoisotopic (exact) mass is 179 g/mol. The van der Waals surface area contributed by atoms with Crippen molar-refractivity contribution in [1.29, 1.82) is 5.26 Å². The van der Waals surface area contributed by atoms with E-state index >= 15 is 0 Å². The molecule has 0 amide bonds. The van der Waals surface area contributed by atoms with Gasteiger partial charge in [0.2, 0.25) is 0 Å². The third kappa shape index (κ3) is 1.83. The molecule has 0 saturated carbocycles. The van der Waals surface area contributed by atoms with Crippen LogP contribution in [0.25, 0.3) is 0 Å². The normalized spacial score (nSPS) is 14.6. The maximum absolute atomic E-state index is 12.5. The van der Waals surface area contributed by atoms with Crippen LogP contribution in [0, 0.1) is 17.1 Å². The first-order valence-electron chi connectivity index (χ1n) is 3.77. The molecule has 4 heteroatoms. The highest BCUT2D eigenvalue weighted by atomic mass is 19.1. The Hall–Kier alpha value is -1.44. The second kappa shape index (κ2) is 3.52. The van der Waals surface area contributed by atoms with Gasteiger partial charge in [0.1, 0.15) is 11.4 Å². The number of nitrogens with one attached hydrogen (secondary N) is 1. The first-order chi connectivity index (χ1) is 6.12. The minimum absolute atomic E-state index is 0.332. The van der Waals surface area contributed by atoms with Gasteiger partial charge in [0.25, 0.3) is 0 Å². The van der Waals surface area contributed by atoms with Crippen molar-refractivity contribution < 1.29 is 4.39 Å². The van der Waals surface area contributed by atoms with Gasteiger partial charge in [-0.2, -0.15) is 5.26 Å². The van der Waals surface area contributed by atoms with Gasteiger partial charge < -0.3 is 0 Å². The zero-order chi connectivity index (χ0) is 9.90. The molecule has 1 unspecified atom stereocenters. The van der Waals surface area contributed by atoms with E-state index in [0.717, 1.165) is 0 Å². The molecule has 1 aromatic rings. The lowest BCUT2D eigenvalue weighted by molar-refractivity contribution is 0.481. The van der Waals surface area contributed by atoms with Crippen LogP contribution in [0.4, 0.5) is 4.39 Å². The van der Waals surface area contributed by atoms with Crippen LogP contribution in [0.5, 0.6) is 0 Å². The van der Waals surface area contributed by atoms with E-state index in [1.165, 1.54) is 24.3 Å². The summed E-state index contributed by atoms with van der Waals surface area (Å²) in [4.78, 5) is 0. The quantitative estimate of drug-likeness (QED) is 0.526. The van der Waals surface area contributed by atoms with Crippen molar-refractivity contribution in [2.45, 2.75) is 12.5 Å². The van der Waals surface area contributed by atoms with Gasteiger partial charge in [0, 0.05) is 0 Å². The van der Waals surface area contributed by atoms with Crippen LogP contribution in [0.2, 0.25) is 0 Å². The van der Waals surface area contributed by atoms with E-state index < -0.39 is 5.54 Å². The molecule has 0 aliphatic carbocycles. The summed E-state index contributed by atoms with van der Waals surface area (Å²) in [5.74, 6) is 4.89. The van der Waals surface area contributed by atoms with E-state index in [2.05, 4.69) is 5.43 Å². The molecule has 0 aliphatic rings. The number of benzene rings is 1. The third-order valence-corrected chi connectivity index (χ3v) is 1.93. The van der Waals surface area contributed by atoms with Crippen LogP contribution in [0.1, 0.15) is 12.5 Å². The second-order valence-electron chi connectivity index (χ2n) is 2.89. The van der Waals surface area contributed by atoms with E-state index in [1.807, 2.05) is 6.07 Å². The zero-order valence-corrected chi connectivity index (χ0v) is 7.21. The number of rotatable bonds is 2. The van der Waals surface area contributed by atoms with Crippen LogP contribution in [-0.4, -0.2) is 0 Å². The van der Waals surface area contributed by atoms with E-state index in [0.29, 0.717) is 5.56 Å². The van der Waals surface area contributed by atoms with Crippen LogP contribution < -0.4 is 11.3 Å². The average molecular weight is 179 g/mol. The Bertz CT molecular complexity index is 328. The summed E-state index contributed by atoms with van der Waals surface area (Å²) in [7, 11) is 0. The molecule has 0 spiro atoms. The molecule has 0 saturated heterocycles. The molecule has 1 atom stereocenters. The maximum atomic E-state index is 12.5. The number of nitrogens with two attached hydrogens (primary N) is 1. The molecule has 13 heavy (non-hydrogen) atoms. The Morgan fingerprint density at radius 1 is 1.46 bits per heavy atom. The number of hydrazine groups is 1. The topological polar surface area (TPSA) is 61.8 Å². The second-order valence-corrected chi connectivity index (χ2v) is 2.89. The summed E-state index contributed by atoms with van der Waals surface area (Å²) < 4.78 is 12.5. The fraction of sp³-hybridized carbons (Fsp3) is 0.222. The Labute approximate surface area is 75.9 Å². The van der Waals surface area contributed by atoms with Gasteiger partial charge >= 0.3 is 0 Å². The highest BCUT2D eigenvalue weighted by Gasteiger charge is 2.23. The summed E-state index contributed by atoms with van der Waals surface area (Å²) in [6, 6.07) is 7.65. The van der Waals surface area contributed by atoms with Gasteiger partial charge in [0.15, 0.2) is 0 Å². The van der Waals surface area contributed by atoms with Crippen LogP contribution in [-0.2, 0) is 5.54 Å². The van der Waals surface area contributed by atoms with Crippen molar-refractivity contribution in [2.24, 2.45) is 5.84 Å². The lowest BCUT2D eigenvalue weighted by Crippen LogP contribution is -2.42. The van der Waals surface area contributed by atoms with Crippen LogP contribution in [0.15, 0.2) is 24.3 Å². The Balaban J connectivity index is 3.08. The van der Waals surface area contributed by atoms with E-state index in [1.54, 1.807) is 6.92 Å². The number of hydrogen-bond donors (Lipinski definition) is 2. The first-order valence-corrected chi connectivity index (χ1v) is 3.77. The van der Waals surface area contributed by atoms with Gasteiger partial charge in [-0.15, -0.1) is 0 Å². The minimum Gasteiger partial charge on any atom is -0.270 e. The lowest BCUT2D eigenvalue weighted by atomic mass is 9.95. The van der Waals surface area contributed by atoms with Crippen LogP contribution >= 0.6 is 0 Å². The molecule has 0 fully saturated rings. The number of hydrogen-bond acceptors (Lipinski definition) is 3. The molecule has 0 aliphatic heterocycles. The molecular weight excluding hydrogens is 169 g/mol. The molecule has 3 nitrogen and oxygen atoms in total. The minimum atomic E-state index is -0.965. The Morgan fingerprint density at radius 3 is 2.38 bits per heavy atom. The van der Waals surface area contributed by atoms with Crippen molar-refractivity contribution in [3.63, 3.8) is 0 Å². The largest absolute Gasteiger partial charge is 0.270 e. The Kier molecular flexibility index (Phi) is 2.61. The molecule has 0 aromatic heterocycles. The fourth-order valence-electron chi connectivity index (χ4n) is 0.963. The molecule has 3 N–H and O–H groups in total. The highest BCUT2D eigenvalue weighted by Crippen LogP contribution is 2.18. The third-order valence-electron chi connectivity index (χ3n) is 1.93. The van der Waals surface area contributed by atoms with E-state index in [4.69, 9.17) is 11.1 Å². The maximum Gasteiger partial charge on any atom is 0.141 e. The van der Waals surface area contributed by atoms with Crippen molar-refractivity contribution in [1.82, 2.24) is 5.43 Å². The molecule has 0 heterocycles. The zero-order valence-electron chi connectivity index (χ0n) is 7.21. The molecule has 0 bridgehead atoms. The molecular formula is C9H10FN3. The number of nitriles is 1. The smallest absolute Gasteiger partial charge is 0.141 e. The summed E-state index contributed by atoms with van der Waals surface area (Å²) in [5.41, 5.74) is 2.05. The predicted molar refractivity (Wildman–Crippen MR) is 46.7 cm³/mol. The summed E-state index contributed by atoms with van der Waals surface area (Å²) >= 11 is 0. The van der Waals surface area contributed by atoms with Crippen LogP contribution in [0.3, 0.4) is 0 Å². The number of halogens is 1.